The van der Waals surface area contributed by atoms with E-state index in [-0.39, 0.29) is 0 Å². The summed E-state index contributed by atoms with van der Waals surface area (Å²) >= 11 is 0. The molecule has 0 atom stereocenters. The molecule has 3 aliphatic rings. The number of hydrogen-bond acceptors (Lipinski definition) is 3. The van der Waals surface area contributed by atoms with Crippen LogP contribution in [0.3, 0.4) is 0 Å². The topological polar surface area (TPSA) is 27.7 Å². The third-order valence-corrected chi connectivity index (χ3v) is 3.58. The maximum atomic E-state index is 5.68. The van der Waals surface area contributed by atoms with Gasteiger partial charge in [0.1, 0.15) is 0 Å². The van der Waals surface area contributed by atoms with E-state index in [1.54, 1.807) is 0 Å². The van der Waals surface area contributed by atoms with E-state index in [1.165, 1.54) is 11.1 Å². The molecule has 17 heavy (non-hydrogen) atoms. The zero-order valence-electron chi connectivity index (χ0n) is 10.1. The maximum absolute atomic E-state index is 5.68. The van der Waals surface area contributed by atoms with Crippen molar-refractivity contribution in [1.29, 1.82) is 0 Å². The molecule has 3 nitrogen and oxygen atoms in total. The van der Waals surface area contributed by atoms with E-state index < -0.39 is 5.97 Å². The molecule has 3 heteroatoms. The number of benzene rings is 1. The van der Waals surface area contributed by atoms with Crippen LogP contribution in [0.15, 0.2) is 24.3 Å². The average molecular weight is 234 g/mol. The molecule has 3 saturated heterocycles. The molecule has 0 spiro atoms. The van der Waals surface area contributed by atoms with Crippen LogP contribution in [0.5, 0.6) is 0 Å². The Hall–Kier alpha value is -0.900. The minimum atomic E-state index is -0.767. The van der Waals surface area contributed by atoms with Crippen molar-refractivity contribution in [1.82, 2.24) is 0 Å². The van der Waals surface area contributed by atoms with Crippen LogP contribution in [0.2, 0.25) is 0 Å². The van der Waals surface area contributed by atoms with Crippen molar-refractivity contribution in [2.75, 3.05) is 19.8 Å². The van der Waals surface area contributed by atoms with Crippen LogP contribution in [0.25, 0.3) is 0 Å². The molecule has 4 rings (SSSR count). The highest BCUT2D eigenvalue weighted by atomic mass is 16.9. The largest absolute Gasteiger partial charge is 0.327 e. The lowest BCUT2D eigenvalue weighted by molar-refractivity contribution is -0.449. The first-order valence-electron chi connectivity index (χ1n) is 6.24. The van der Waals surface area contributed by atoms with Gasteiger partial charge in [0.2, 0.25) is 0 Å². The summed E-state index contributed by atoms with van der Waals surface area (Å²) < 4.78 is 17.0. The van der Waals surface area contributed by atoms with Gasteiger partial charge in [-0.2, -0.15) is 0 Å². The van der Waals surface area contributed by atoms with Gasteiger partial charge in [0, 0.05) is 12.3 Å². The van der Waals surface area contributed by atoms with Gasteiger partial charge in [0.05, 0.1) is 19.8 Å². The van der Waals surface area contributed by atoms with Gasteiger partial charge < -0.3 is 14.2 Å². The van der Waals surface area contributed by atoms with E-state index in [0.717, 1.165) is 32.7 Å². The van der Waals surface area contributed by atoms with Gasteiger partial charge in [-0.05, 0) is 24.5 Å². The molecule has 92 valence electrons. The molecule has 0 N–H and O–H groups in total. The fourth-order valence-electron chi connectivity index (χ4n) is 2.40. The predicted molar refractivity (Wildman–Crippen MR) is 63.6 cm³/mol. The second-order valence-corrected chi connectivity index (χ2v) is 4.91. The Morgan fingerprint density at radius 1 is 1.12 bits per heavy atom. The zero-order valence-corrected chi connectivity index (χ0v) is 10.1. The maximum Gasteiger partial charge on any atom is 0.283 e. The minimum absolute atomic E-state index is 0.426. The number of aryl methyl sites for hydroxylation is 2. The first-order valence-corrected chi connectivity index (χ1v) is 6.24. The van der Waals surface area contributed by atoms with Gasteiger partial charge in [-0.3, -0.25) is 0 Å². The Labute approximate surface area is 102 Å². The van der Waals surface area contributed by atoms with E-state index in [9.17, 15) is 0 Å². The molecule has 0 radical (unpaired) electrons. The van der Waals surface area contributed by atoms with Crippen LogP contribution in [0.1, 0.15) is 17.5 Å². The number of hydrogen-bond donors (Lipinski definition) is 0. The summed E-state index contributed by atoms with van der Waals surface area (Å²) in [5.41, 5.74) is 2.65. The van der Waals surface area contributed by atoms with Crippen LogP contribution in [-0.4, -0.2) is 25.8 Å². The SMILES string of the molecule is Cc1ccccc1CCC12OCC(CO1)CO2. The van der Waals surface area contributed by atoms with Crippen LogP contribution in [-0.2, 0) is 20.6 Å². The molecule has 0 saturated carbocycles. The predicted octanol–water partition coefficient (Wildman–Crippen LogP) is 2.27. The molecule has 0 aromatic heterocycles. The number of ether oxygens (including phenoxy) is 3. The Morgan fingerprint density at radius 2 is 1.76 bits per heavy atom. The quantitative estimate of drug-likeness (QED) is 0.803. The highest BCUT2D eigenvalue weighted by molar-refractivity contribution is 5.25. The van der Waals surface area contributed by atoms with Crippen molar-refractivity contribution < 1.29 is 14.2 Å². The first-order chi connectivity index (χ1) is 8.27. The van der Waals surface area contributed by atoms with E-state index in [1.807, 2.05) is 0 Å². The third-order valence-electron chi connectivity index (χ3n) is 3.58. The van der Waals surface area contributed by atoms with Crippen molar-refractivity contribution in [2.24, 2.45) is 5.92 Å². The zero-order chi connectivity index (χ0) is 11.7. The highest BCUT2D eigenvalue weighted by Crippen LogP contribution is 2.33. The smallest absolute Gasteiger partial charge is 0.283 e. The minimum Gasteiger partial charge on any atom is -0.327 e. The van der Waals surface area contributed by atoms with Crippen molar-refractivity contribution in [3.8, 4) is 0 Å². The van der Waals surface area contributed by atoms with Crippen LogP contribution >= 0.6 is 0 Å². The molecule has 0 unspecified atom stereocenters. The van der Waals surface area contributed by atoms with Gasteiger partial charge in [0.25, 0.3) is 5.97 Å². The second-order valence-electron chi connectivity index (χ2n) is 4.91. The fraction of sp³-hybridized carbons (Fsp3) is 0.571. The average Bonchev–Trinajstić information content (AvgIpc) is 2.40. The molecule has 2 bridgehead atoms. The normalized spacial score (nSPS) is 31.7. The lowest BCUT2D eigenvalue weighted by Gasteiger charge is -2.45. The molecule has 1 aromatic rings. The molecule has 0 amide bonds. The molecule has 3 fully saturated rings. The van der Waals surface area contributed by atoms with Gasteiger partial charge >= 0.3 is 0 Å². The Bertz CT molecular complexity index is 380. The highest BCUT2D eigenvalue weighted by Gasteiger charge is 2.44. The third kappa shape index (κ3) is 2.23. The van der Waals surface area contributed by atoms with E-state index in [0.29, 0.717) is 5.92 Å². The van der Waals surface area contributed by atoms with Crippen LogP contribution in [0, 0.1) is 12.8 Å². The summed E-state index contributed by atoms with van der Waals surface area (Å²) in [5.74, 6) is -0.341. The van der Waals surface area contributed by atoms with Crippen molar-refractivity contribution >= 4 is 0 Å². The van der Waals surface area contributed by atoms with Gasteiger partial charge in [-0.25, -0.2) is 0 Å². The summed E-state index contributed by atoms with van der Waals surface area (Å²) in [6.07, 6.45) is 1.70. The standard InChI is InChI=1S/C14H18O3/c1-11-4-2-3-5-13(11)6-7-14-15-8-12(9-16-14)10-17-14/h2-5,12H,6-10H2,1H3. The van der Waals surface area contributed by atoms with Gasteiger partial charge in [0.15, 0.2) is 0 Å². The molecule has 3 aliphatic heterocycles. The lowest BCUT2D eigenvalue weighted by atomic mass is 10.0. The van der Waals surface area contributed by atoms with Gasteiger partial charge in [-0.1, -0.05) is 24.3 Å². The molecule has 0 aliphatic carbocycles. The summed E-state index contributed by atoms with van der Waals surface area (Å²) in [5, 5.41) is 0. The summed E-state index contributed by atoms with van der Waals surface area (Å²) in [4.78, 5) is 0. The number of fused-ring (bicyclic) bond motifs is 3. The van der Waals surface area contributed by atoms with E-state index in [4.69, 9.17) is 14.2 Å². The van der Waals surface area contributed by atoms with Crippen LogP contribution < -0.4 is 0 Å². The first kappa shape index (κ1) is 11.2. The summed E-state index contributed by atoms with van der Waals surface area (Å²) in [6.45, 7) is 4.45. The summed E-state index contributed by atoms with van der Waals surface area (Å²) in [6, 6.07) is 8.42. The van der Waals surface area contributed by atoms with Crippen LogP contribution in [0.4, 0.5) is 0 Å². The molecule has 1 aromatic carbocycles. The Kier molecular flexibility index (Phi) is 2.90. The lowest BCUT2D eigenvalue weighted by Crippen LogP contribution is -2.54. The molecular formula is C14H18O3. The Balaban J connectivity index is 1.66. The van der Waals surface area contributed by atoms with Gasteiger partial charge in [-0.15, -0.1) is 0 Å². The fourth-order valence-corrected chi connectivity index (χ4v) is 2.40. The van der Waals surface area contributed by atoms with Crippen molar-refractivity contribution in [3.05, 3.63) is 35.4 Å². The summed E-state index contributed by atoms with van der Waals surface area (Å²) in [7, 11) is 0. The van der Waals surface area contributed by atoms with Crippen molar-refractivity contribution in [3.63, 3.8) is 0 Å². The molecular weight excluding hydrogens is 216 g/mol. The van der Waals surface area contributed by atoms with E-state index >= 15 is 0 Å². The number of rotatable bonds is 3. The Morgan fingerprint density at radius 3 is 2.41 bits per heavy atom. The second kappa shape index (κ2) is 4.41. The van der Waals surface area contributed by atoms with E-state index in [2.05, 4.69) is 31.2 Å². The van der Waals surface area contributed by atoms with Crippen molar-refractivity contribution in [2.45, 2.75) is 25.7 Å². The monoisotopic (exact) mass is 234 g/mol. The molecule has 3 heterocycles.